The standard InChI is InChI=1S/C15H12ClF2NO2/c16-11-5-9(6-14-15(11)21-4-3-20-14)8-19-13-2-1-10(17)7-12(13)18/h1-2,5-7,19H,3-4,8H2. The molecule has 0 amide bonds. The van der Waals surface area contributed by atoms with Gasteiger partial charge in [-0.2, -0.15) is 0 Å². The van der Waals surface area contributed by atoms with Crippen LogP contribution in [-0.4, -0.2) is 13.2 Å². The van der Waals surface area contributed by atoms with E-state index in [-0.39, 0.29) is 5.69 Å². The number of benzene rings is 2. The molecule has 6 heteroatoms. The van der Waals surface area contributed by atoms with Crippen LogP contribution in [0.4, 0.5) is 14.5 Å². The highest BCUT2D eigenvalue weighted by Gasteiger charge is 2.16. The van der Waals surface area contributed by atoms with Crippen molar-refractivity contribution in [2.24, 2.45) is 0 Å². The topological polar surface area (TPSA) is 30.5 Å². The van der Waals surface area contributed by atoms with E-state index in [1.807, 2.05) is 0 Å². The number of hydrogen-bond acceptors (Lipinski definition) is 3. The van der Waals surface area contributed by atoms with Crippen molar-refractivity contribution in [1.82, 2.24) is 0 Å². The van der Waals surface area contributed by atoms with E-state index in [4.69, 9.17) is 21.1 Å². The average Bonchev–Trinajstić information content (AvgIpc) is 2.46. The summed E-state index contributed by atoms with van der Waals surface area (Å²) in [5.41, 5.74) is 1.04. The number of rotatable bonds is 3. The molecule has 0 fully saturated rings. The molecule has 1 N–H and O–H groups in total. The maximum absolute atomic E-state index is 13.5. The van der Waals surface area contributed by atoms with Gasteiger partial charge in [0.15, 0.2) is 11.5 Å². The van der Waals surface area contributed by atoms with E-state index in [9.17, 15) is 8.78 Å². The molecule has 0 aromatic heterocycles. The Labute approximate surface area is 125 Å². The number of nitrogens with one attached hydrogen (secondary N) is 1. The Hall–Kier alpha value is -2.01. The van der Waals surface area contributed by atoms with Crippen LogP contribution in [0.5, 0.6) is 11.5 Å². The van der Waals surface area contributed by atoms with Gasteiger partial charge in [-0.05, 0) is 29.8 Å². The van der Waals surface area contributed by atoms with Gasteiger partial charge in [0.1, 0.15) is 24.8 Å². The monoisotopic (exact) mass is 311 g/mol. The molecule has 21 heavy (non-hydrogen) atoms. The largest absolute Gasteiger partial charge is 0.486 e. The van der Waals surface area contributed by atoms with Gasteiger partial charge in [-0.3, -0.25) is 0 Å². The lowest BCUT2D eigenvalue weighted by Gasteiger charge is -2.20. The molecule has 110 valence electrons. The van der Waals surface area contributed by atoms with Crippen LogP contribution in [0, 0.1) is 11.6 Å². The van der Waals surface area contributed by atoms with Gasteiger partial charge < -0.3 is 14.8 Å². The van der Waals surface area contributed by atoms with Crippen LogP contribution in [0.3, 0.4) is 0 Å². The number of anilines is 1. The smallest absolute Gasteiger partial charge is 0.179 e. The Morgan fingerprint density at radius 1 is 1.10 bits per heavy atom. The fourth-order valence-electron chi connectivity index (χ4n) is 2.10. The van der Waals surface area contributed by atoms with E-state index in [1.165, 1.54) is 12.1 Å². The molecule has 0 saturated carbocycles. The Morgan fingerprint density at radius 2 is 1.90 bits per heavy atom. The zero-order valence-corrected chi connectivity index (χ0v) is 11.7. The summed E-state index contributed by atoms with van der Waals surface area (Å²) in [5.74, 6) is -0.149. The van der Waals surface area contributed by atoms with Crippen LogP contribution in [0.15, 0.2) is 30.3 Å². The van der Waals surface area contributed by atoms with E-state index in [2.05, 4.69) is 5.32 Å². The van der Waals surface area contributed by atoms with Crippen molar-refractivity contribution in [1.29, 1.82) is 0 Å². The van der Waals surface area contributed by atoms with Gasteiger partial charge in [0.05, 0.1) is 10.7 Å². The number of ether oxygens (including phenoxy) is 2. The predicted molar refractivity (Wildman–Crippen MR) is 76.1 cm³/mol. The summed E-state index contributed by atoms with van der Waals surface area (Å²) in [5, 5.41) is 3.34. The first-order chi connectivity index (χ1) is 10.1. The van der Waals surface area contributed by atoms with Crippen LogP contribution < -0.4 is 14.8 Å². The second-order valence-electron chi connectivity index (χ2n) is 4.58. The molecule has 0 radical (unpaired) electrons. The lowest BCUT2D eigenvalue weighted by atomic mass is 10.2. The van der Waals surface area contributed by atoms with Crippen molar-refractivity contribution in [2.75, 3.05) is 18.5 Å². The first-order valence-corrected chi connectivity index (χ1v) is 6.78. The fraction of sp³-hybridized carbons (Fsp3) is 0.200. The summed E-state index contributed by atoms with van der Waals surface area (Å²) in [7, 11) is 0. The summed E-state index contributed by atoms with van der Waals surface area (Å²) in [4.78, 5) is 0. The van der Waals surface area contributed by atoms with Crippen LogP contribution in [0.25, 0.3) is 0 Å². The second kappa shape index (κ2) is 5.77. The van der Waals surface area contributed by atoms with Gasteiger partial charge >= 0.3 is 0 Å². The van der Waals surface area contributed by atoms with Gasteiger partial charge in [0, 0.05) is 12.6 Å². The SMILES string of the molecule is Fc1ccc(NCc2cc(Cl)c3c(c2)OCCO3)c(F)c1. The van der Waals surface area contributed by atoms with Crippen LogP contribution in [-0.2, 0) is 6.54 Å². The molecule has 3 rings (SSSR count). The maximum Gasteiger partial charge on any atom is 0.179 e. The molecule has 2 aromatic rings. The molecule has 0 saturated heterocycles. The third-order valence-electron chi connectivity index (χ3n) is 3.07. The fourth-order valence-corrected chi connectivity index (χ4v) is 2.38. The van der Waals surface area contributed by atoms with Crippen molar-refractivity contribution >= 4 is 17.3 Å². The lowest BCUT2D eigenvalue weighted by Crippen LogP contribution is -2.16. The zero-order chi connectivity index (χ0) is 14.8. The van der Waals surface area contributed by atoms with Gasteiger partial charge in [-0.1, -0.05) is 11.6 Å². The third-order valence-corrected chi connectivity index (χ3v) is 3.35. The molecule has 0 atom stereocenters. The van der Waals surface area contributed by atoms with Crippen LogP contribution in [0.1, 0.15) is 5.56 Å². The minimum atomic E-state index is -0.640. The molecule has 1 aliphatic heterocycles. The van der Waals surface area contributed by atoms with Crippen molar-refractivity contribution < 1.29 is 18.3 Å². The minimum Gasteiger partial charge on any atom is -0.486 e. The molecular weight excluding hydrogens is 300 g/mol. The molecule has 0 aliphatic carbocycles. The van der Waals surface area contributed by atoms with Gasteiger partial charge in [0.25, 0.3) is 0 Å². The number of hydrogen-bond donors (Lipinski definition) is 1. The quantitative estimate of drug-likeness (QED) is 0.929. The highest BCUT2D eigenvalue weighted by atomic mass is 35.5. The third kappa shape index (κ3) is 3.03. The minimum absolute atomic E-state index is 0.224. The summed E-state index contributed by atoms with van der Waals surface area (Å²) in [6.07, 6.45) is 0. The first kappa shape index (κ1) is 13.9. The zero-order valence-electron chi connectivity index (χ0n) is 11.0. The highest BCUT2D eigenvalue weighted by molar-refractivity contribution is 6.32. The summed E-state index contributed by atoms with van der Waals surface area (Å²) in [6.45, 7) is 1.26. The summed E-state index contributed by atoms with van der Waals surface area (Å²) >= 11 is 6.12. The normalized spacial score (nSPS) is 13.1. The molecule has 0 bridgehead atoms. The van der Waals surface area contributed by atoms with E-state index in [0.29, 0.717) is 36.3 Å². The van der Waals surface area contributed by atoms with Crippen molar-refractivity contribution in [3.05, 3.63) is 52.6 Å². The Bertz CT molecular complexity index is 679. The van der Waals surface area contributed by atoms with Crippen LogP contribution in [0.2, 0.25) is 5.02 Å². The number of halogens is 3. The summed E-state index contributed by atoms with van der Waals surface area (Å²) in [6, 6.07) is 6.89. The second-order valence-corrected chi connectivity index (χ2v) is 4.99. The molecule has 0 spiro atoms. The van der Waals surface area contributed by atoms with E-state index in [1.54, 1.807) is 12.1 Å². The molecule has 1 aliphatic rings. The van der Waals surface area contributed by atoms with Gasteiger partial charge in [-0.15, -0.1) is 0 Å². The van der Waals surface area contributed by atoms with Crippen molar-refractivity contribution in [2.45, 2.75) is 6.54 Å². The maximum atomic E-state index is 13.5. The van der Waals surface area contributed by atoms with Gasteiger partial charge in [0.2, 0.25) is 0 Å². The van der Waals surface area contributed by atoms with Crippen LogP contribution >= 0.6 is 11.6 Å². The Morgan fingerprint density at radius 3 is 2.71 bits per heavy atom. The first-order valence-electron chi connectivity index (χ1n) is 6.40. The lowest BCUT2D eigenvalue weighted by molar-refractivity contribution is 0.171. The molecule has 0 unspecified atom stereocenters. The van der Waals surface area contributed by atoms with E-state index in [0.717, 1.165) is 11.6 Å². The highest BCUT2D eigenvalue weighted by Crippen LogP contribution is 2.38. The Kier molecular flexibility index (Phi) is 3.84. The molecule has 3 nitrogen and oxygen atoms in total. The molecule has 2 aromatic carbocycles. The molecular formula is C15H12ClF2NO2. The number of fused-ring (bicyclic) bond motifs is 1. The average molecular weight is 312 g/mol. The van der Waals surface area contributed by atoms with E-state index >= 15 is 0 Å². The van der Waals surface area contributed by atoms with Gasteiger partial charge in [-0.25, -0.2) is 8.78 Å². The van der Waals surface area contributed by atoms with E-state index < -0.39 is 11.6 Å². The Balaban J connectivity index is 1.77. The molecule has 1 heterocycles. The summed E-state index contributed by atoms with van der Waals surface area (Å²) < 4.78 is 37.3. The predicted octanol–water partition coefficient (Wildman–Crippen LogP) is 4.00. The van der Waals surface area contributed by atoms with Crippen molar-refractivity contribution in [3.63, 3.8) is 0 Å². The van der Waals surface area contributed by atoms with Crippen molar-refractivity contribution in [3.8, 4) is 11.5 Å².